The third-order valence-corrected chi connectivity index (χ3v) is 5.82. The molecule has 1 aromatic carbocycles. The molecule has 1 aliphatic heterocycles. The molecule has 0 spiro atoms. The number of aryl methyl sites for hydroxylation is 1. The second kappa shape index (κ2) is 7.46. The number of aromatic nitrogens is 7. The predicted octanol–water partition coefficient (Wildman–Crippen LogP) is 4.55. The van der Waals surface area contributed by atoms with Crippen molar-refractivity contribution >= 4 is 17.4 Å². The van der Waals surface area contributed by atoms with Gasteiger partial charge in [-0.1, -0.05) is 30.7 Å². The van der Waals surface area contributed by atoms with E-state index in [-0.39, 0.29) is 12.1 Å². The summed E-state index contributed by atoms with van der Waals surface area (Å²) >= 11 is 6.20. The summed E-state index contributed by atoms with van der Waals surface area (Å²) in [6.07, 6.45) is 6.36. The average molecular weight is 435 g/mol. The average Bonchev–Trinajstić information content (AvgIpc) is 3.39. The zero-order valence-electron chi connectivity index (χ0n) is 17.9. The van der Waals surface area contributed by atoms with Crippen LogP contribution in [-0.2, 0) is 0 Å². The van der Waals surface area contributed by atoms with E-state index in [1.807, 2.05) is 48.1 Å². The Bertz CT molecular complexity index is 1260. The second-order valence-electron chi connectivity index (χ2n) is 7.88. The largest absolute Gasteiger partial charge is 0.342 e. The van der Waals surface area contributed by atoms with Crippen LogP contribution in [0.5, 0.6) is 0 Å². The summed E-state index contributed by atoms with van der Waals surface area (Å²) in [4.78, 5) is 16.5. The molecule has 3 aromatic heterocycles. The van der Waals surface area contributed by atoms with Crippen molar-refractivity contribution in [3.63, 3.8) is 0 Å². The van der Waals surface area contributed by atoms with Gasteiger partial charge in [0.25, 0.3) is 0 Å². The summed E-state index contributed by atoms with van der Waals surface area (Å²) < 4.78 is 3.96. The maximum absolute atomic E-state index is 6.20. The monoisotopic (exact) mass is 434 g/mol. The molecule has 0 amide bonds. The minimum Gasteiger partial charge on any atom is -0.342 e. The number of imidazole rings is 1. The van der Waals surface area contributed by atoms with Crippen LogP contribution >= 0.6 is 11.6 Å². The quantitative estimate of drug-likeness (QED) is 0.469. The Morgan fingerprint density at radius 3 is 2.74 bits per heavy atom. The fraction of sp³-hybridized carbons (Fsp3) is 0.318. The van der Waals surface area contributed by atoms with Gasteiger partial charge in [0.15, 0.2) is 11.6 Å². The molecule has 0 N–H and O–H groups in total. The molecule has 0 fully saturated rings. The van der Waals surface area contributed by atoms with E-state index in [1.165, 1.54) is 0 Å². The Balaban J connectivity index is 1.69. The fourth-order valence-electron chi connectivity index (χ4n) is 4.28. The van der Waals surface area contributed by atoms with E-state index in [1.54, 1.807) is 6.20 Å². The van der Waals surface area contributed by atoms with Gasteiger partial charge in [0, 0.05) is 29.0 Å². The molecule has 1 aliphatic rings. The summed E-state index contributed by atoms with van der Waals surface area (Å²) in [5, 5.41) is 9.45. The van der Waals surface area contributed by atoms with E-state index in [4.69, 9.17) is 16.6 Å². The molecule has 9 heteroatoms. The summed E-state index contributed by atoms with van der Waals surface area (Å²) in [6, 6.07) is 7.94. The van der Waals surface area contributed by atoms with Crippen molar-refractivity contribution in [3.05, 3.63) is 59.5 Å². The van der Waals surface area contributed by atoms with Gasteiger partial charge in [-0.3, -0.25) is 9.13 Å². The van der Waals surface area contributed by atoms with Gasteiger partial charge in [-0.15, -0.1) is 10.2 Å². The summed E-state index contributed by atoms with van der Waals surface area (Å²) in [6.45, 7) is 8.46. The van der Waals surface area contributed by atoms with Gasteiger partial charge in [0.1, 0.15) is 17.3 Å². The van der Waals surface area contributed by atoms with Gasteiger partial charge in [-0.2, -0.15) is 4.98 Å². The highest BCUT2D eigenvalue weighted by Gasteiger charge is 2.36. The Hall–Kier alpha value is -3.26. The zero-order chi connectivity index (χ0) is 21.7. The first-order valence-electron chi connectivity index (χ1n) is 10.4. The molecule has 31 heavy (non-hydrogen) atoms. The van der Waals surface area contributed by atoms with Crippen LogP contribution in [0.3, 0.4) is 0 Å². The normalized spacial score (nSPS) is 15.3. The molecule has 0 unspecified atom stereocenters. The number of anilines is 1. The summed E-state index contributed by atoms with van der Waals surface area (Å²) in [5.74, 6) is 3.92. The predicted molar refractivity (Wildman–Crippen MR) is 120 cm³/mol. The van der Waals surface area contributed by atoms with Crippen molar-refractivity contribution in [1.82, 2.24) is 34.3 Å². The van der Waals surface area contributed by atoms with Crippen molar-refractivity contribution in [2.24, 2.45) is 0 Å². The smallest absolute Gasteiger partial charge is 0.237 e. The van der Waals surface area contributed by atoms with E-state index in [9.17, 15) is 0 Å². The number of nitrogens with zero attached hydrogens (tertiary/aromatic N) is 8. The molecule has 0 saturated heterocycles. The van der Waals surface area contributed by atoms with Gasteiger partial charge >= 0.3 is 0 Å². The number of halogens is 1. The van der Waals surface area contributed by atoms with E-state index < -0.39 is 0 Å². The van der Waals surface area contributed by atoms with Crippen molar-refractivity contribution < 1.29 is 0 Å². The van der Waals surface area contributed by atoms with Crippen molar-refractivity contribution in [2.45, 2.75) is 46.2 Å². The van der Waals surface area contributed by atoms with Crippen molar-refractivity contribution in [1.29, 1.82) is 0 Å². The van der Waals surface area contributed by atoms with Gasteiger partial charge in [-0.05, 0) is 39.3 Å². The highest BCUT2D eigenvalue weighted by molar-refractivity contribution is 6.30. The molecular formula is C22H23ClN8. The number of hydrogen-bond donors (Lipinski definition) is 0. The van der Waals surface area contributed by atoms with E-state index >= 15 is 0 Å². The lowest BCUT2D eigenvalue weighted by atomic mass is 10.1. The molecule has 4 heterocycles. The van der Waals surface area contributed by atoms with Crippen LogP contribution in [0.4, 0.5) is 5.82 Å². The first kappa shape index (κ1) is 19.7. The zero-order valence-corrected chi connectivity index (χ0v) is 18.6. The van der Waals surface area contributed by atoms with E-state index in [2.05, 4.69) is 50.4 Å². The van der Waals surface area contributed by atoms with Crippen LogP contribution in [0.2, 0.25) is 5.02 Å². The molecule has 8 nitrogen and oxygen atoms in total. The molecular weight excluding hydrogens is 412 g/mol. The molecule has 5 rings (SSSR count). The lowest BCUT2D eigenvalue weighted by Crippen LogP contribution is -2.40. The number of benzene rings is 1. The standard InChI is InChI=1S/C22H23ClN8/c1-5-17-21-28-27-14(4)31(21)18-12-25-22(26-20(18)30(17)13(2)3)29-10-9-24-19(29)15-7-6-8-16(23)11-15/h6-13,17H,5H2,1-4H3/t17-/m1/s1. The highest BCUT2D eigenvalue weighted by atomic mass is 35.5. The highest BCUT2D eigenvalue weighted by Crippen LogP contribution is 2.40. The number of hydrogen-bond acceptors (Lipinski definition) is 6. The summed E-state index contributed by atoms with van der Waals surface area (Å²) in [5.41, 5.74) is 1.80. The maximum Gasteiger partial charge on any atom is 0.237 e. The molecule has 4 aromatic rings. The first-order valence-corrected chi connectivity index (χ1v) is 10.7. The van der Waals surface area contributed by atoms with Crippen LogP contribution in [-0.4, -0.2) is 40.3 Å². The minimum absolute atomic E-state index is 0.0895. The molecule has 1 atom stereocenters. The third kappa shape index (κ3) is 3.09. The molecule has 0 aliphatic carbocycles. The number of fused-ring (bicyclic) bond motifs is 3. The fourth-order valence-corrected chi connectivity index (χ4v) is 4.47. The van der Waals surface area contributed by atoms with Crippen molar-refractivity contribution in [3.8, 4) is 23.0 Å². The van der Waals surface area contributed by atoms with E-state index in [0.29, 0.717) is 11.0 Å². The Morgan fingerprint density at radius 2 is 2.00 bits per heavy atom. The minimum atomic E-state index is 0.0895. The maximum atomic E-state index is 6.20. The number of rotatable bonds is 4. The van der Waals surface area contributed by atoms with Crippen LogP contribution < -0.4 is 4.90 Å². The Morgan fingerprint density at radius 1 is 1.16 bits per heavy atom. The van der Waals surface area contributed by atoms with Gasteiger partial charge < -0.3 is 4.90 Å². The summed E-state index contributed by atoms with van der Waals surface area (Å²) in [7, 11) is 0. The molecule has 0 bridgehead atoms. The van der Waals surface area contributed by atoms with E-state index in [0.717, 1.165) is 41.0 Å². The lowest BCUT2D eigenvalue weighted by molar-refractivity contribution is 0.496. The molecule has 158 valence electrons. The van der Waals surface area contributed by atoms with Crippen LogP contribution in [0.15, 0.2) is 42.9 Å². The van der Waals surface area contributed by atoms with Crippen LogP contribution in [0, 0.1) is 6.92 Å². The van der Waals surface area contributed by atoms with Crippen molar-refractivity contribution in [2.75, 3.05) is 4.90 Å². The first-order chi connectivity index (χ1) is 15.0. The third-order valence-electron chi connectivity index (χ3n) is 5.59. The second-order valence-corrected chi connectivity index (χ2v) is 8.31. The van der Waals surface area contributed by atoms with Crippen LogP contribution in [0.25, 0.3) is 23.0 Å². The van der Waals surface area contributed by atoms with Gasteiger partial charge in [0.05, 0.1) is 12.2 Å². The lowest BCUT2D eigenvalue weighted by Gasteiger charge is -2.39. The van der Waals surface area contributed by atoms with Gasteiger partial charge in [0.2, 0.25) is 5.95 Å². The Kier molecular flexibility index (Phi) is 4.74. The van der Waals surface area contributed by atoms with Crippen LogP contribution in [0.1, 0.15) is 44.9 Å². The SMILES string of the molecule is CC[C@@H]1c2nnc(C)n2-c2cnc(-n3ccnc3-c3cccc(Cl)c3)nc2N1C(C)C. The van der Waals surface area contributed by atoms with Gasteiger partial charge in [-0.25, -0.2) is 9.97 Å². The Labute approximate surface area is 185 Å². The molecule has 0 radical (unpaired) electrons. The molecule has 0 saturated carbocycles. The topological polar surface area (TPSA) is 77.5 Å².